The molecule has 3 aromatic rings. The lowest BCUT2D eigenvalue weighted by molar-refractivity contribution is 0.664. The Hall–Kier alpha value is -2.76. The second-order valence-electron chi connectivity index (χ2n) is 4.30. The van der Waals surface area contributed by atoms with Gasteiger partial charge in [0.15, 0.2) is 17.0 Å². The SMILES string of the molecule is C=CCNc1ncnc2c1nnn2Cc1ccccc1. The number of anilines is 1. The fourth-order valence-corrected chi connectivity index (χ4v) is 1.95. The molecular weight excluding hydrogens is 252 g/mol. The van der Waals surface area contributed by atoms with E-state index >= 15 is 0 Å². The minimum Gasteiger partial charge on any atom is -0.365 e. The highest BCUT2D eigenvalue weighted by Crippen LogP contribution is 2.16. The largest absolute Gasteiger partial charge is 0.365 e. The molecule has 0 spiro atoms. The van der Waals surface area contributed by atoms with Gasteiger partial charge in [-0.25, -0.2) is 14.6 Å². The number of nitrogens with zero attached hydrogens (tertiary/aromatic N) is 5. The number of aromatic nitrogens is 5. The van der Waals surface area contributed by atoms with E-state index in [0.717, 1.165) is 11.2 Å². The molecular formula is C14H14N6. The van der Waals surface area contributed by atoms with Gasteiger partial charge < -0.3 is 5.32 Å². The van der Waals surface area contributed by atoms with Crippen LogP contribution in [-0.4, -0.2) is 31.5 Å². The van der Waals surface area contributed by atoms with Gasteiger partial charge in [-0.2, -0.15) is 0 Å². The molecule has 0 radical (unpaired) electrons. The van der Waals surface area contributed by atoms with Crippen molar-refractivity contribution in [2.24, 2.45) is 0 Å². The summed E-state index contributed by atoms with van der Waals surface area (Å²) in [6, 6.07) is 10.1. The third kappa shape index (κ3) is 2.35. The fraction of sp³-hybridized carbons (Fsp3) is 0.143. The maximum atomic E-state index is 4.27. The van der Waals surface area contributed by atoms with Crippen molar-refractivity contribution in [2.45, 2.75) is 6.54 Å². The van der Waals surface area contributed by atoms with Crippen LogP contribution in [0.2, 0.25) is 0 Å². The molecule has 100 valence electrons. The van der Waals surface area contributed by atoms with Crippen LogP contribution in [-0.2, 0) is 6.54 Å². The van der Waals surface area contributed by atoms with Gasteiger partial charge in [0.05, 0.1) is 6.54 Å². The molecule has 0 aliphatic carbocycles. The maximum absolute atomic E-state index is 4.27. The zero-order valence-electron chi connectivity index (χ0n) is 10.9. The number of rotatable bonds is 5. The summed E-state index contributed by atoms with van der Waals surface area (Å²) < 4.78 is 1.77. The summed E-state index contributed by atoms with van der Waals surface area (Å²) in [5, 5.41) is 11.4. The van der Waals surface area contributed by atoms with Crippen LogP contribution in [0.4, 0.5) is 5.82 Å². The van der Waals surface area contributed by atoms with E-state index in [1.807, 2.05) is 30.3 Å². The summed E-state index contributed by atoms with van der Waals surface area (Å²) >= 11 is 0. The highest BCUT2D eigenvalue weighted by molar-refractivity contribution is 5.81. The van der Waals surface area contributed by atoms with Crippen molar-refractivity contribution in [3.05, 3.63) is 54.9 Å². The molecule has 2 aromatic heterocycles. The second-order valence-corrected chi connectivity index (χ2v) is 4.30. The highest BCUT2D eigenvalue weighted by Gasteiger charge is 2.11. The Kier molecular flexibility index (Phi) is 3.36. The van der Waals surface area contributed by atoms with E-state index in [0.29, 0.717) is 24.4 Å². The Morgan fingerprint density at radius 2 is 2.05 bits per heavy atom. The molecule has 0 atom stereocenters. The average molecular weight is 266 g/mol. The molecule has 0 amide bonds. The van der Waals surface area contributed by atoms with E-state index in [1.54, 1.807) is 10.8 Å². The normalized spacial score (nSPS) is 10.6. The monoisotopic (exact) mass is 266 g/mol. The number of benzene rings is 1. The lowest BCUT2D eigenvalue weighted by Crippen LogP contribution is -2.04. The molecule has 0 aliphatic rings. The van der Waals surface area contributed by atoms with E-state index in [2.05, 4.69) is 32.2 Å². The van der Waals surface area contributed by atoms with E-state index in [9.17, 15) is 0 Å². The van der Waals surface area contributed by atoms with Crippen molar-refractivity contribution in [3.8, 4) is 0 Å². The van der Waals surface area contributed by atoms with Crippen LogP contribution in [0.1, 0.15) is 5.56 Å². The predicted octanol–water partition coefficient (Wildman–Crippen LogP) is 1.87. The number of fused-ring (bicyclic) bond motifs is 1. The van der Waals surface area contributed by atoms with E-state index in [-0.39, 0.29) is 0 Å². The molecule has 0 bridgehead atoms. The van der Waals surface area contributed by atoms with Crippen molar-refractivity contribution in [3.63, 3.8) is 0 Å². The van der Waals surface area contributed by atoms with Crippen LogP contribution < -0.4 is 5.32 Å². The number of nitrogens with one attached hydrogen (secondary N) is 1. The van der Waals surface area contributed by atoms with Gasteiger partial charge in [-0.1, -0.05) is 41.6 Å². The van der Waals surface area contributed by atoms with Crippen LogP contribution in [0.25, 0.3) is 11.2 Å². The molecule has 6 nitrogen and oxygen atoms in total. The minimum absolute atomic E-state index is 0.623. The first kappa shape index (κ1) is 12.3. The van der Waals surface area contributed by atoms with Crippen molar-refractivity contribution < 1.29 is 0 Å². The Morgan fingerprint density at radius 3 is 2.85 bits per heavy atom. The first-order valence-corrected chi connectivity index (χ1v) is 6.31. The van der Waals surface area contributed by atoms with Crippen molar-refractivity contribution >= 4 is 17.0 Å². The van der Waals surface area contributed by atoms with Crippen molar-refractivity contribution in [1.82, 2.24) is 25.0 Å². The smallest absolute Gasteiger partial charge is 0.184 e. The summed E-state index contributed by atoms with van der Waals surface area (Å²) in [6.07, 6.45) is 3.28. The van der Waals surface area contributed by atoms with Gasteiger partial charge in [-0.3, -0.25) is 0 Å². The molecule has 0 saturated heterocycles. The summed E-state index contributed by atoms with van der Waals surface area (Å²) in [7, 11) is 0. The molecule has 20 heavy (non-hydrogen) atoms. The van der Waals surface area contributed by atoms with E-state index in [4.69, 9.17) is 0 Å². The van der Waals surface area contributed by atoms with E-state index < -0.39 is 0 Å². The summed E-state index contributed by atoms with van der Waals surface area (Å²) in [4.78, 5) is 8.45. The van der Waals surface area contributed by atoms with Crippen molar-refractivity contribution in [2.75, 3.05) is 11.9 Å². The maximum Gasteiger partial charge on any atom is 0.184 e. The Morgan fingerprint density at radius 1 is 1.20 bits per heavy atom. The highest BCUT2D eigenvalue weighted by atomic mass is 15.4. The minimum atomic E-state index is 0.623. The van der Waals surface area contributed by atoms with Gasteiger partial charge in [0.2, 0.25) is 0 Å². The lowest BCUT2D eigenvalue weighted by Gasteiger charge is -2.03. The second kappa shape index (κ2) is 5.48. The quantitative estimate of drug-likeness (QED) is 0.714. The number of hydrogen-bond acceptors (Lipinski definition) is 5. The molecule has 1 aromatic carbocycles. The lowest BCUT2D eigenvalue weighted by atomic mass is 10.2. The molecule has 0 fully saturated rings. The molecule has 0 unspecified atom stereocenters. The van der Waals surface area contributed by atoms with Gasteiger partial charge in [0.25, 0.3) is 0 Å². The summed E-state index contributed by atoms with van der Waals surface area (Å²) in [6.45, 7) is 4.93. The molecule has 3 rings (SSSR count). The van der Waals surface area contributed by atoms with E-state index in [1.165, 1.54) is 6.33 Å². The Bertz CT molecular complexity index is 719. The summed E-state index contributed by atoms with van der Waals surface area (Å²) in [5.41, 5.74) is 2.54. The van der Waals surface area contributed by atoms with Gasteiger partial charge in [-0.15, -0.1) is 11.7 Å². The first-order chi connectivity index (χ1) is 9.88. The third-order valence-corrected chi connectivity index (χ3v) is 2.89. The van der Waals surface area contributed by atoms with Gasteiger partial charge in [0, 0.05) is 6.54 Å². The first-order valence-electron chi connectivity index (χ1n) is 6.31. The zero-order chi connectivity index (χ0) is 13.8. The predicted molar refractivity (Wildman–Crippen MR) is 77.3 cm³/mol. The van der Waals surface area contributed by atoms with Gasteiger partial charge >= 0.3 is 0 Å². The van der Waals surface area contributed by atoms with Crippen LogP contribution in [0.3, 0.4) is 0 Å². The Balaban J connectivity index is 1.95. The molecule has 2 heterocycles. The number of hydrogen-bond donors (Lipinski definition) is 1. The van der Waals surface area contributed by atoms with Crippen LogP contribution in [0.15, 0.2) is 49.3 Å². The van der Waals surface area contributed by atoms with Crippen LogP contribution in [0.5, 0.6) is 0 Å². The van der Waals surface area contributed by atoms with Crippen molar-refractivity contribution in [1.29, 1.82) is 0 Å². The van der Waals surface area contributed by atoms with Crippen LogP contribution in [0, 0.1) is 0 Å². The van der Waals surface area contributed by atoms with Gasteiger partial charge in [-0.05, 0) is 5.56 Å². The Labute approximate surface area is 116 Å². The summed E-state index contributed by atoms with van der Waals surface area (Å²) in [5.74, 6) is 0.675. The molecule has 0 aliphatic heterocycles. The third-order valence-electron chi connectivity index (χ3n) is 2.89. The average Bonchev–Trinajstić information content (AvgIpc) is 2.90. The topological polar surface area (TPSA) is 68.5 Å². The van der Waals surface area contributed by atoms with Crippen LogP contribution >= 0.6 is 0 Å². The standard InChI is InChI=1S/C14H14N6/c1-2-8-15-13-12-14(17-10-16-13)20(19-18-12)9-11-6-4-3-5-7-11/h2-7,10H,1,8-9H2,(H,15,16,17). The molecule has 1 N–H and O–H groups in total. The zero-order valence-corrected chi connectivity index (χ0v) is 10.9. The van der Waals surface area contributed by atoms with Gasteiger partial charge in [0.1, 0.15) is 6.33 Å². The molecule has 0 saturated carbocycles. The molecule has 6 heteroatoms. The fourth-order valence-electron chi connectivity index (χ4n) is 1.95.